The summed E-state index contributed by atoms with van der Waals surface area (Å²) >= 11 is 0. The number of fused-ring (bicyclic) bond motifs is 2. The summed E-state index contributed by atoms with van der Waals surface area (Å²) in [5.74, 6) is -0.102. The maximum atomic E-state index is 13.1. The van der Waals surface area contributed by atoms with Crippen molar-refractivity contribution in [1.29, 1.82) is 0 Å². The van der Waals surface area contributed by atoms with Crippen molar-refractivity contribution in [1.82, 2.24) is 0 Å². The molecule has 0 aliphatic carbocycles. The van der Waals surface area contributed by atoms with Gasteiger partial charge in [0, 0.05) is 11.7 Å². The van der Waals surface area contributed by atoms with E-state index >= 15 is 0 Å². The Morgan fingerprint density at radius 3 is 2.74 bits per heavy atom. The molecule has 1 N–H and O–H groups in total. The molecule has 2 aliphatic rings. The van der Waals surface area contributed by atoms with Gasteiger partial charge in [0.05, 0.1) is 17.0 Å². The standard InChI is InChI=1S/C17H16N2O3S/c1-11-8-12-4-2-3-5-16(12)19(11)23(21,22)14-6-7-15-13(9-14)10-17(20)18-15/h2-7,9,11H,8,10H2,1H3,(H,18,20)/t11-/m1/s1. The Kier molecular flexibility index (Phi) is 2.99. The van der Waals surface area contributed by atoms with Crippen molar-refractivity contribution >= 4 is 27.3 Å². The Hall–Kier alpha value is -2.34. The minimum Gasteiger partial charge on any atom is -0.326 e. The van der Waals surface area contributed by atoms with E-state index in [0.717, 1.165) is 16.8 Å². The number of hydrogen-bond donors (Lipinski definition) is 1. The van der Waals surface area contributed by atoms with Crippen LogP contribution in [0.4, 0.5) is 11.4 Å². The first-order valence-electron chi connectivity index (χ1n) is 7.52. The van der Waals surface area contributed by atoms with Gasteiger partial charge in [-0.3, -0.25) is 9.10 Å². The van der Waals surface area contributed by atoms with Gasteiger partial charge in [0.1, 0.15) is 0 Å². The van der Waals surface area contributed by atoms with Gasteiger partial charge in [-0.15, -0.1) is 0 Å². The second kappa shape index (κ2) is 4.83. The molecule has 5 nitrogen and oxygen atoms in total. The van der Waals surface area contributed by atoms with Gasteiger partial charge in [0.25, 0.3) is 10.0 Å². The number of amides is 1. The molecule has 0 radical (unpaired) electrons. The number of para-hydroxylation sites is 1. The van der Waals surface area contributed by atoms with Gasteiger partial charge in [0.15, 0.2) is 0 Å². The normalized spacial score (nSPS) is 19.4. The van der Waals surface area contributed by atoms with Crippen molar-refractivity contribution in [2.45, 2.75) is 30.7 Å². The van der Waals surface area contributed by atoms with Crippen LogP contribution < -0.4 is 9.62 Å². The zero-order valence-corrected chi connectivity index (χ0v) is 13.4. The van der Waals surface area contributed by atoms with Crippen LogP contribution in [0.25, 0.3) is 0 Å². The molecule has 0 fully saturated rings. The lowest BCUT2D eigenvalue weighted by Gasteiger charge is -2.24. The number of rotatable bonds is 2. The summed E-state index contributed by atoms with van der Waals surface area (Å²) in [6.07, 6.45) is 0.936. The summed E-state index contributed by atoms with van der Waals surface area (Å²) in [5.41, 5.74) is 3.22. The van der Waals surface area contributed by atoms with E-state index in [-0.39, 0.29) is 23.3 Å². The molecule has 0 unspecified atom stereocenters. The number of sulfonamides is 1. The average molecular weight is 328 g/mol. The third kappa shape index (κ3) is 2.13. The molecule has 2 aliphatic heterocycles. The molecule has 0 bridgehead atoms. The Balaban J connectivity index is 1.80. The lowest BCUT2D eigenvalue weighted by atomic mass is 10.1. The van der Waals surface area contributed by atoms with Crippen LogP contribution in [-0.2, 0) is 27.7 Å². The van der Waals surface area contributed by atoms with Crippen molar-refractivity contribution in [2.75, 3.05) is 9.62 Å². The molecule has 1 atom stereocenters. The summed E-state index contributed by atoms with van der Waals surface area (Å²) in [4.78, 5) is 11.7. The van der Waals surface area contributed by atoms with Gasteiger partial charge < -0.3 is 5.32 Å². The van der Waals surface area contributed by atoms with Crippen molar-refractivity contribution < 1.29 is 13.2 Å². The number of nitrogens with zero attached hydrogens (tertiary/aromatic N) is 1. The minimum atomic E-state index is -3.65. The predicted molar refractivity (Wildman–Crippen MR) is 88.0 cm³/mol. The molecule has 23 heavy (non-hydrogen) atoms. The van der Waals surface area contributed by atoms with Crippen LogP contribution in [-0.4, -0.2) is 20.4 Å². The quantitative estimate of drug-likeness (QED) is 0.920. The van der Waals surface area contributed by atoms with Gasteiger partial charge in [-0.25, -0.2) is 8.42 Å². The highest BCUT2D eigenvalue weighted by Gasteiger charge is 2.36. The second-order valence-electron chi connectivity index (χ2n) is 6.03. The summed E-state index contributed by atoms with van der Waals surface area (Å²) in [7, 11) is -3.65. The van der Waals surface area contributed by atoms with Gasteiger partial charge >= 0.3 is 0 Å². The van der Waals surface area contributed by atoms with E-state index in [2.05, 4.69) is 5.32 Å². The van der Waals surface area contributed by atoms with Crippen molar-refractivity contribution in [2.24, 2.45) is 0 Å². The molecule has 118 valence electrons. The average Bonchev–Trinajstić information content (AvgIpc) is 3.04. The van der Waals surface area contributed by atoms with Crippen LogP contribution in [0.5, 0.6) is 0 Å². The topological polar surface area (TPSA) is 66.5 Å². The third-order valence-corrected chi connectivity index (χ3v) is 6.33. The number of hydrogen-bond acceptors (Lipinski definition) is 3. The summed E-state index contributed by atoms with van der Waals surface area (Å²) in [6.45, 7) is 1.91. The Morgan fingerprint density at radius 2 is 1.91 bits per heavy atom. The molecule has 6 heteroatoms. The first-order chi connectivity index (χ1) is 11.0. The molecule has 0 aromatic heterocycles. The molecule has 2 aromatic rings. The van der Waals surface area contributed by atoms with Crippen LogP contribution in [0, 0.1) is 0 Å². The fourth-order valence-electron chi connectivity index (χ4n) is 3.38. The van der Waals surface area contributed by atoms with E-state index in [0.29, 0.717) is 12.1 Å². The lowest BCUT2D eigenvalue weighted by molar-refractivity contribution is -0.115. The van der Waals surface area contributed by atoms with E-state index in [1.807, 2.05) is 31.2 Å². The highest BCUT2D eigenvalue weighted by atomic mass is 32.2. The van der Waals surface area contributed by atoms with Crippen LogP contribution in [0.15, 0.2) is 47.4 Å². The van der Waals surface area contributed by atoms with Gasteiger partial charge in [-0.1, -0.05) is 18.2 Å². The Bertz CT molecular complexity index is 921. The number of anilines is 2. The molecule has 0 spiro atoms. The van der Waals surface area contributed by atoms with Gasteiger partial charge in [0.2, 0.25) is 5.91 Å². The molecule has 2 heterocycles. The number of carbonyl (C=O) groups is 1. The highest BCUT2D eigenvalue weighted by Crippen LogP contribution is 2.37. The zero-order chi connectivity index (χ0) is 16.2. The fourth-order valence-corrected chi connectivity index (χ4v) is 5.13. The smallest absolute Gasteiger partial charge is 0.264 e. The molecule has 4 rings (SSSR count). The first kappa shape index (κ1) is 14.3. The monoisotopic (exact) mass is 328 g/mol. The van der Waals surface area contributed by atoms with Crippen molar-refractivity contribution in [3.8, 4) is 0 Å². The number of carbonyl (C=O) groups excluding carboxylic acids is 1. The van der Waals surface area contributed by atoms with Crippen LogP contribution >= 0.6 is 0 Å². The zero-order valence-electron chi connectivity index (χ0n) is 12.6. The molecule has 2 aromatic carbocycles. The number of benzene rings is 2. The van der Waals surface area contributed by atoms with Gasteiger partial charge in [-0.2, -0.15) is 0 Å². The van der Waals surface area contributed by atoms with Crippen LogP contribution in [0.3, 0.4) is 0 Å². The molecular weight excluding hydrogens is 312 g/mol. The van der Waals surface area contributed by atoms with Crippen LogP contribution in [0.2, 0.25) is 0 Å². The summed E-state index contributed by atoms with van der Waals surface area (Å²) in [5, 5.41) is 2.72. The lowest BCUT2D eigenvalue weighted by Crippen LogP contribution is -2.35. The fraction of sp³-hybridized carbons (Fsp3) is 0.235. The number of nitrogens with one attached hydrogen (secondary N) is 1. The third-order valence-electron chi connectivity index (χ3n) is 4.40. The Labute approximate surface area is 135 Å². The van der Waals surface area contributed by atoms with E-state index in [1.54, 1.807) is 18.2 Å². The SMILES string of the molecule is C[C@@H]1Cc2ccccc2N1S(=O)(=O)c1ccc2c(c1)CC(=O)N2. The maximum Gasteiger partial charge on any atom is 0.264 e. The maximum absolute atomic E-state index is 13.1. The van der Waals surface area contributed by atoms with Crippen molar-refractivity contribution in [3.63, 3.8) is 0 Å². The van der Waals surface area contributed by atoms with Gasteiger partial charge in [-0.05, 0) is 48.7 Å². The van der Waals surface area contributed by atoms with Crippen LogP contribution in [0.1, 0.15) is 18.1 Å². The first-order valence-corrected chi connectivity index (χ1v) is 8.96. The van der Waals surface area contributed by atoms with E-state index in [1.165, 1.54) is 4.31 Å². The summed E-state index contributed by atoms with van der Waals surface area (Å²) in [6, 6.07) is 12.3. The van der Waals surface area contributed by atoms with E-state index in [9.17, 15) is 13.2 Å². The van der Waals surface area contributed by atoms with Crippen molar-refractivity contribution in [3.05, 3.63) is 53.6 Å². The molecule has 0 saturated heterocycles. The molecule has 0 saturated carbocycles. The largest absolute Gasteiger partial charge is 0.326 e. The predicted octanol–water partition coefficient (Wildman–Crippen LogP) is 2.32. The minimum absolute atomic E-state index is 0.102. The van der Waals surface area contributed by atoms with E-state index in [4.69, 9.17) is 0 Å². The Morgan fingerprint density at radius 1 is 1.13 bits per heavy atom. The highest BCUT2D eigenvalue weighted by molar-refractivity contribution is 7.92. The summed E-state index contributed by atoms with van der Waals surface area (Å²) < 4.78 is 27.7. The molecule has 1 amide bonds. The molecular formula is C17H16N2O3S. The second-order valence-corrected chi connectivity index (χ2v) is 7.84. The van der Waals surface area contributed by atoms with E-state index < -0.39 is 10.0 Å².